The lowest BCUT2D eigenvalue weighted by Gasteiger charge is -2.25. The Morgan fingerprint density at radius 2 is 1.95 bits per heavy atom. The van der Waals surface area contributed by atoms with E-state index in [4.69, 9.17) is 9.47 Å². The molecule has 2 aliphatic rings. The number of ketones is 1. The van der Waals surface area contributed by atoms with Crippen LogP contribution in [0.5, 0.6) is 5.75 Å². The van der Waals surface area contributed by atoms with Gasteiger partial charge in [0.05, 0.1) is 30.7 Å². The predicted molar refractivity (Wildman–Crippen MR) is 141 cm³/mol. The number of amides is 1. The van der Waals surface area contributed by atoms with Gasteiger partial charge in [-0.2, -0.15) is 0 Å². The third-order valence-corrected chi connectivity index (χ3v) is 6.56. The first-order valence-corrected chi connectivity index (χ1v) is 12.6. The maximum absolute atomic E-state index is 13.4. The van der Waals surface area contributed by atoms with Crippen molar-refractivity contribution in [1.82, 2.24) is 4.98 Å². The van der Waals surface area contributed by atoms with Gasteiger partial charge in [0.1, 0.15) is 11.5 Å². The molecule has 194 valence electrons. The average Bonchev–Trinajstić information content (AvgIpc) is 3.18. The highest BCUT2D eigenvalue weighted by atomic mass is 16.5. The van der Waals surface area contributed by atoms with E-state index in [9.17, 15) is 19.5 Å². The predicted octanol–water partition coefficient (Wildman–Crippen LogP) is 4.53. The van der Waals surface area contributed by atoms with E-state index in [0.717, 1.165) is 24.2 Å². The van der Waals surface area contributed by atoms with Crippen molar-refractivity contribution in [2.24, 2.45) is 0 Å². The van der Waals surface area contributed by atoms with E-state index in [1.165, 1.54) is 4.90 Å². The molecule has 3 aromatic rings. The number of aliphatic hydroxyl groups excluding tert-OH is 1. The summed E-state index contributed by atoms with van der Waals surface area (Å²) in [4.78, 5) is 44.3. The molecule has 38 heavy (non-hydrogen) atoms. The molecule has 0 spiro atoms. The van der Waals surface area contributed by atoms with Crippen LogP contribution in [-0.2, 0) is 32.0 Å². The highest BCUT2D eigenvalue weighted by Crippen LogP contribution is 2.42. The van der Waals surface area contributed by atoms with E-state index in [0.29, 0.717) is 29.0 Å². The number of nitrogens with zero attached hydrogens (tertiary/aromatic N) is 2. The molecule has 1 unspecified atom stereocenters. The Morgan fingerprint density at radius 1 is 1.16 bits per heavy atom. The molecule has 8 heteroatoms. The van der Waals surface area contributed by atoms with Gasteiger partial charge in [0.2, 0.25) is 0 Å². The van der Waals surface area contributed by atoms with E-state index < -0.39 is 17.7 Å². The summed E-state index contributed by atoms with van der Waals surface area (Å²) >= 11 is 0. The van der Waals surface area contributed by atoms with Crippen molar-refractivity contribution < 1.29 is 29.0 Å². The molecule has 8 nitrogen and oxygen atoms in total. The lowest BCUT2D eigenvalue weighted by Crippen LogP contribution is -2.29. The van der Waals surface area contributed by atoms with Crippen molar-refractivity contribution in [3.05, 3.63) is 94.8 Å². The van der Waals surface area contributed by atoms with Crippen LogP contribution < -0.4 is 9.64 Å². The summed E-state index contributed by atoms with van der Waals surface area (Å²) in [6.45, 7) is 4.21. The Morgan fingerprint density at radius 3 is 2.66 bits per heavy atom. The minimum Gasteiger partial charge on any atom is -0.507 e. The van der Waals surface area contributed by atoms with Crippen LogP contribution >= 0.6 is 0 Å². The van der Waals surface area contributed by atoms with Gasteiger partial charge in [-0.15, -0.1) is 0 Å². The first-order chi connectivity index (χ1) is 18.3. The van der Waals surface area contributed by atoms with Crippen LogP contribution in [0.25, 0.3) is 5.76 Å². The number of anilines is 1. The van der Waals surface area contributed by atoms with E-state index in [-0.39, 0.29) is 29.8 Å². The number of hydrogen-bond acceptors (Lipinski definition) is 7. The van der Waals surface area contributed by atoms with E-state index in [1.807, 2.05) is 6.07 Å². The molecule has 1 saturated heterocycles. The number of fused-ring (bicyclic) bond motifs is 1. The Labute approximate surface area is 220 Å². The van der Waals surface area contributed by atoms with Crippen LogP contribution in [-0.4, -0.2) is 40.5 Å². The highest BCUT2D eigenvalue weighted by molar-refractivity contribution is 6.51. The molecular weight excluding hydrogens is 484 g/mol. The lowest BCUT2D eigenvalue weighted by atomic mass is 9.94. The normalized spacial score (nSPS) is 18.3. The third kappa shape index (κ3) is 4.89. The zero-order chi connectivity index (χ0) is 26.8. The van der Waals surface area contributed by atoms with Crippen LogP contribution in [0.2, 0.25) is 0 Å². The fraction of sp³-hybridized carbons (Fsp3) is 0.267. The molecule has 5 rings (SSSR count). The molecule has 0 saturated carbocycles. The van der Waals surface area contributed by atoms with Crippen LogP contribution in [0.4, 0.5) is 5.69 Å². The summed E-state index contributed by atoms with van der Waals surface area (Å²) in [5.41, 5.74) is 3.13. The molecule has 1 amide bonds. The Balaban J connectivity index is 1.55. The van der Waals surface area contributed by atoms with Crippen LogP contribution in [0.1, 0.15) is 48.6 Å². The van der Waals surface area contributed by atoms with Gasteiger partial charge in [-0.1, -0.05) is 18.2 Å². The van der Waals surface area contributed by atoms with Crippen molar-refractivity contribution >= 4 is 29.1 Å². The number of pyridine rings is 1. The molecule has 2 aliphatic heterocycles. The van der Waals surface area contributed by atoms with Crippen molar-refractivity contribution in [3.8, 4) is 5.75 Å². The third-order valence-electron chi connectivity index (χ3n) is 6.56. The van der Waals surface area contributed by atoms with E-state index >= 15 is 0 Å². The topological polar surface area (TPSA) is 106 Å². The molecule has 1 N–H and O–H groups in total. The monoisotopic (exact) mass is 512 g/mol. The molecule has 0 bridgehead atoms. The Kier molecular flexibility index (Phi) is 6.96. The van der Waals surface area contributed by atoms with E-state index in [2.05, 4.69) is 4.98 Å². The van der Waals surface area contributed by atoms with Gasteiger partial charge in [-0.3, -0.25) is 24.3 Å². The molecule has 1 aromatic heterocycles. The van der Waals surface area contributed by atoms with Gasteiger partial charge in [-0.05, 0) is 79.8 Å². The molecule has 0 radical (unpaired) electrons. The second-order valence-corrected chi connectivity index (χ2v) is 9.61. The zero-order valence-corrected chi connectivity index (χ0v) is 21.2. The molecule has 3 heterocycles. The minimum atomic E-state index is -0.882. The van der Waals surface area contributed by atoms with Gasteiger partial charge in [0, 0.05) is 23.6 Å². The van der Waals surface area contributed by atoms with Gasteiger partial charge in [0.25, 0.3) is 11.7 Å². The van der Waals surface area contributed by atoms with Crippen LogP contribution in [0, 0.1) is 0 Å². The molecule has 1 fully saturated rings. The van der Waals surface area contributed by atoms with Crippen LogP contribution in [0.15, 0.2) is 72.6 Å². The summed E-state index contributed by atoms with van der Waals surface area (Å²) in [7, 11) is 0. The van der Waals surface area contributed by atoms with Gasteiger partial charge < -0.3 is 14.6 Å². The quantitative estimate of drug-likeness (QED) is 0.224. The first-order valence-electron chi connectivity index (χ1n) is 12.6. The molecule has 2 aromatic carbocycles. The number of benzene rings is 2. The van der Waals surface area contributed by atoms with Gasteiger partial charge in [-0.25, -0.2) is 0 Å². The number of aryl methyl sites for hydroxylation is 1. The maximum atomic E-state index is 13.4. The largest absolute Gasteiger partial charge is 0.507 e. The van der Waals surface area contributed by atoms with E-state index in [1.54, 1.807) is 74.8 Å². The molecular formula is C30H28N2O6. The number of Topliss-reactive ketones (excluding diaryl/α,β-unsaturated/α-hetero) is 1. The number of esters is 1. The first kappa shape index (κ1) is 25.2. The molecule has 0 aliphatic carbocycles. The minimum absolute atomic E-state index is 0.00994. The Hall–Kier alpha value is -4.46. The number of hydrogen-bond donors (Lipinski definition) is 1. The van der Waals surface area contributed by atoms with Gasteiger partial charge in [0.15, 0.2) is 0 Å². The second kappa shape index (κ2) is 10.5. The summed E-state index contributed by atoms with van der Waals surface area (Å²) in [5, 5.41) is 11.4. The Bertz CT molecular complexity index is 1410. The fourth-order valence-corrected chi connectivity index (χ4v) is 4.86. The second-order valence-electron chi connectivity index (χ2n) is 9.61. The summed E-state index contributed by atoms with van der Waals surface area (Å²) in [6.07, 6.45) is 4.72. The summed E-state index contributed by atoms with van der Waals surface area (Å²) < 4.78 is 10.9. The number of rotatable bonds is 6. The standard InChI is InChI=1S/C30H28N2O6/c1-18(2)38-25(33)15-19-7-10-23(11-8-19)32-27(22-5-3-13-31-17-22)26(29(35)30(32)36)28(34)21-9-12-24-20(16-21)6-4-14-37-24/h3,5,7-13,16-18,27,34H,4,6,14-15H2,1-2H3/b28-26-. The lowest BCUT2D eigenvalue weighted by molar-refractivity contribution is -0.146. The number of carbonyl (C=O) groups excluding carboxylic acids is 3. The van der Waals surface area contributed by atoms with Crippen molar-refractivity contribution in [3.63, 3.8) is 0 Å². The number of aromatic nitrogens is 1. The fourth-order valence-electron chi connectivity index (χ4n) is 4.86. The molecule has 1 atom stereocenters. The number of aliphatic hydroxyl groups is 1. The van der Waals surface area contributed by atoms with Crippen LogP contribution in [0.3, 0.4) is 0 Å². The van der Waals surface area contributed by atoms with Crippen molar-refractivity contribution in [1.29, 1.82) is 0 Å². The zero-order valence-electron chi connectivity index (χ0n) is 21.2. The van der Waals surface area contributed by atoms with Crippen molar-refractivity contribution in [2.75, 3.05) is 11.5 Å². The van der Waals surface area contributed by atoms with Crippen molar-refractivity contribution in [2.45, 2.75) is 45.3 Å². The summed E-state index contributed by atoms with van der Waals surface area (Å²) in [5.74, 6) is -1.38. The SMILES string of the molecule is CC(C)OC(=O)Cc1ccc(N2C(=O)C(=O)/C(=C(\O)c3ccc4c(c3)CCCO4)C2c2cccnc2)cc1. The average molecular weight is 513 g/mol. The summed E-state index contributed by atoms with van der Waals surface area (Å²) in [6, 6.07) is 14.7. The number of ether oxygens (including phenoxy) is 2. The number of carbonyl (C=O) groups is 3. The van der Waals surface area contributed by atoms with Gasteiger partial charge >= 0.3 is 5.97 Å². The highest BCUT2D eigenvalue weighted by Gasteiger charge is 2.47. The smallest absolute Gasteiger partial charge is 0.310 e. The maximum Gasteiger partial charge on any atom is 0.310 e.